The van der Waals surface area contributed by atoms with E-state index in [4.69, 9.17) is 15.6 Å². The Hall–Kier alpha value is -2.34. The molecule has 3 N–H and O–H groups in total. The fraction of sp³-hybridized carbons (Fsp3) is 0.286. The van der Waals surface area contributed by atoms with E-state index in [1.807, 2.05) is 18.2 Å². The van der Waals surface area contributed by atoms with Crippen LogP contribution in [0.1, 0.15) is 23.8 Å². The zero-order valence-electron chi connectivity index (χ0n) is 11.2. The molecule has 1 heterocycles. The van der Waals surface area contributed by atoms with E-state index >= 15 is 0 Å². The highest BCUT2D eigenvalue weighted by Crippen LogP contribution is 2.15. The van der Waals surface area contributed by atoms with Crippen LogP contribution in [0.4, 0.5) is 5.69 Å². The standard InChI is InChI=1S/C14H17N3O3/c1-10(18)7-9-20-14(19)12-6-8-17(16-12)13-5-3-2-4-11(13)15/h2-6,8,10,18H,7,9,15H2,1H3. The maximum absolute atomic E-state index is 11.7. The Morgan fingerprint density at radius 3 is 2.90 bits per heavy atom. The fourth-order valence-corrected chi connectivity index (χ4v) is 1.66. The van der Waals surface area contributed by atoms with Gasteiger partial charge >= 0.3 is 5.97 Å². The molecule has 2 rings (SSSR count). The Kier molecular flexibility index (Phi) is 4.37. The minimum atomic E-state index is -0.515. The van der Waals surface area contributed by atoms with Crippen molar-refractivity contribution >= 4 is 11.7 Å². The molecule has 1 aromatic carbocycles. The summed E-state index contributed by atoms with van der Waals surface area (Å²) < 4.78 is 6.54. The third-order valence-electron chi connectivity index (χ3n) is 2.75. The number of aliphatic hydroxyl groups is 1. The number of nitrogens with two attached hydrogens (primary N) is 1. The van der Waals surface area contributed by atoms with Gasteiger partial charge in [-0.25, -0.2) is 9.48 Å². The van der Waals surface area contributed by atoms with Crippen molar-refractivity contribution in [1.82, 2.24) is 9.78 Å². The summed E-state index contributed by atoms with van der Waals surface area (Å²) in [5.41, 5.74) is 7.33. The van der Waals surface area contributed by atoms with Crippen LogP contribution in [0.2, 0.25) is 0 Å². The Morgan fingerprint density at radius 1 is 1.45 bits per heavy atom. The van der Waals surface area contributed by atoms with Gasteiger partial charge in [-0.3, -0.25) is 0 Å². The van der Waals surface area contributed by atoms with Crippen molar-refractivity contribution in [1.29, 1.82) is 0 Å². The first kappa shape index (κ1) is 14.1. The van der Waals surface area contributed by atoms with Gasteiger partial charge in [-0.15, -0.1) is 0 Å². The van der Waals surface area contributed by atoms with Crippen LogP contribution in [-0.2, 0) is 4.74 Å². The molecular weight excluding hydrogens is 258 g/mol. The summed E-state index contributed by atoms with van der Waals surface area (Å²) in [5.74, 6) is -0.515. The van der Waals surface area contributed by atoms with E-state index in [-0.39, 0.29) is 12.3 Å². The lowest BCUT2D eigenvalue weighted by atomic mass is 10.3. The van der Waals surface area contributed by atoms with Crippen LogP contribution in [0.25, 0.3) is 5.69 Å². The van der Waals surface area contributed by atoms with Crippen LogP contribution in [0.5, 0.6) is 0 Å². The molecule has 1 aromatic heterocycles. The van der Waals surface area contributed by atoms with Crippen LogP contribution in [-0.4, -0.2) is 33.6 Å². The average Bonchev–Trinajstić information content (AvgIpc) is 2.88. The maximum Gasteiger partial charge on any atom is 0.358 e. The minimum absolute atomic E-state index is 0.164. The number of para-hydroxylation sites is 2. The minimum Gasteiger partial charge on any atom is -0.461 e. The number of hydrogen-bond acceptors (Lipinski definition) is 5. The number of aromatic nitrogens is 2. The third kappa shape index (κ3) is 3.36. The molecule has 0 radical (unpaired) electrons. The van der Waals surface area contributed by atoms with Crippen LogP contribution in [0, 0.1) is 0 Å². The number of rotatable bonds is 5. The van der Waals surface area contributed by atoms with Gasteiger partial charge in [-0.1, -0.05) is 12.1 Å². The van der Waals surface area contributed by atoms with Crippen molar-refractivity contribution in [2.24, 2.45) is 0 Å². The molecule has 0 amide bonds. The number of ether oxygens (including phenoxy) is 1. The number of carbonyl (C=O) groups is 1. The smallest absolute Gasteiger partial charge is 0.358 e. The first-order valence-electron chi connectivity index (χ1n) is 6.33. The van der Waals surface area contributed by atoms with Crippen LogP contribution < -0.4 is 5.73 Å². The molecule has 106 valence electrons. The van der Waals surface area contributed by atoms with E-state index in [9.17, 15) is 4.79 Å². The van der Waals surface area contributed by atoms with Gasteiger partial charge in [-0.2, -0.15) is 5.10 Å². The summed E-state index contributed by atoms with van der Waals surface area (Å²) >= 11 is 0. The molecular formula is C14H17N3O3. The van der Waals surface area contributed by atoms with E-state index in [0.29, 0.717) is 17.8 Å². The van der Waals surface area contributed by atoms with E-state index in [1.165, 1.54) is 4.68 Å². The van der Waals surface area contributed by atoms with E-state index < -0.39 is 12.1 Å². The van der Waals surface area contributed by atoms with Gasteiger partial charge in [0.25, 0.3) is 0 Å². The topological polar surface area (TPSA) is 90.4 Å². The molecule has 1 atom stereocenters. The van der Waals surface area contributed by atoms with Crippen molar-refractivity contribution in [2.45, 2.75) is 19.4 Å². The molecule has 20 heavy (non-hydrogen) atoms. The van der Waals surface area contributed by atoms with E-state index in [1.54, 1.807) is 25.3 Å². The number of nitrogen functional groups attached to an aromatic ring is 1. The number of carbonyl (C=O) groups excluding carboxylic acids is 1. The van der Waals surface area contributed by atoms with Crippen LogP contribution in [0.3, 0.4) is 0 Å². The van der Waals surface area contributed by atoms with Gasteiger partial charge in [0.2, 0.25) is 0 Å². The van der Waals surface area contributed by atoms with Gasteiger partial charge in [0.15, 0.2) is 5.69 Å². The van der Waals surface area contributed by atoms with Crippen LogP contribution in [0.15, 0.2) is 36.5 Å². The monoisotopic (exact) mass is 275 g/mol. The van der Waals surface area contributed by atoms with E-state index in [0.717, 1.165) is 0 Å². The first-order chi connectivity index (χ1) is 9.58. The van der Waals surface area contributed by atoms with Crippen molar-refractivity contribution in [3.8, 4) is 5.69 Å². The summed E-state index contributed by atoms with van der Waals surface area (Å²) in [6.45, 7) is 1.80. The molecule has 0 aliphatic heterocycles. The number of esters is 1. The van der Waals surface area contributed by atoms with Crippen molar-refractivity contribution in [3.05, 3.63) is 42.2 Å². The van der Waals surface area contributed by atoms with E-state index in [2.05, 4.69) is 5.10 Å². The van der Waals surface area contributed by atoms with Crippen molar-refractivity contribution in [3.63, 3.8) is 0 Å². The van der Waals surface area contributed by atoms with Crippen molar-refractivity contribution < 1.29 is 14.6 Å². The molecule has 2 aromatic rings. The molecule has 6 nitrogen and oxygen atoms in total. The summed E-state index contributed by atoms with van der Waals surface area (Å²) in [7, 11) is 0. The second kappa shape index (κ2) is 6.21. The lowest BCUT2D eigenvalue weighted by molar-refractivity contribution is 0.0437. The fourth-order valence-electron chi connectivity index (χ4n) is 1.66. The van der Waals surface area contributed by atoms with Gasteiger partial charge in [-0.05, 0) is 25.1 Å². The number of hydrogen-bond donors (Lipinski definition) is 2. The molecule has 0 saturated carbocycles. The zero-order chi connectivity index (χ0) is 14.5. The number of nitrogens with zero attached hydrogens (tertiary/aromatic N) is 2. The Morgan fingerprint density at radius 2 is 2.20 bits per heavy atom. The molecule has 0 saturated heterocycles. The molecule has 0 aliphatic carbocycles. The Balaban J connectivity index is 2.06. The normalized spacial score (nSPS) is 12.1. The Bertz CT molecular complexity index is 593. The lowest BCUT2D eigenvalue weighted by Gasteiger charge is -2.05. The quantitative estimate of drug-likeness (QED) is 0.635. The molecule has 0 fully saturated rings. The zero-order valence-corrected chi connectivity index (χ0v) is 11.2. The number of benzene rings is 1. The van der Waals surface area contributed by atoms with Gasteiger partial charge in [0, 0.05) is 12.6 Å². The molecule has 0 spiro atoms. The maximum atomic E-state index is 11.7. The summed E-state index contributed by atoms with van der Waals surface area (Å²) in [6.07, 6.45) is 1.55. The Labute approximate surface area is 116 Å². The molecule has 0 bridgehead atoms. The summed E-state index contributed by atoms with van der Waals surface area (Å²) in [4.78, 5) is 11.7. The molecule has 6 heteroatoms. The average molecular weight is 275 g/mol. The SMILES string of the molecule is CC(O)CCOC(=O)c1ccn(-c2ccccc2N)n1. The lowest BCUT2D eigenvalue weighted by Crippen LogP contribution is -2.12. The number of anilines is 1. The summed E-state index contributed by atoms with van der Waals surface area (Å²) in [6, 6.07) is 8.81. The van der Waals surface area contributed by atoms with Gasteiger partial charge < -0.3 is 15.6 Å². The predicted molar refractivity (Wildman–Crippen MR) is 74.6 cm³/mol. The predicted octanol–water partition coefficient (Wildman–Crippen LogP) is 1.38. The van der Waals surface area contributed by atoms with Gasteiger partial charge in [0.1, 0.15) is 0 Å². The van der Waals surface area contributed by atoms with Crippen molar-refractivity contribution in [2.75, 3.05) is 12.3 Å². The molecule has 1 unspecified atom stereocenters. The molecule has 0 aliphatic rings. The highest BCUT2D eigenvalue weighted by molar-refractivity contribution is 5.87. The van der Waals surface area contributed by atoms with Gasteiger partial charge in [0.05, 0.1) is 24.1 Å². The highest BCUT2D eigenvalue weighted by atomic mass is 16.5. The highest BCUT2D eigenvalue weighted by Gasteiger charge is 2.12. The first-order valence-corrected chi connectivity index (χ1v) is 6.33. The number of aliphatic hydroxyl groups excluding tert-OH is 1. The summed E-state index contributed by atoms with van der Waals surface area (Å²) in [5, 5.41) is 13.2. The third-order valence-corrected chi connectivity index (χ3v) is 2.75. The second-order valence-electron chi connectivity index (χ2n) is 4.48. The second-order valence-corrected chi connectivity index (χ2v) is 4.48. The van der Waals surface area contributed by atoms with Crippen LogP contribution >= 0.6 is 0 Å². The largest absolute Gasteiger partial charge is 0.461 e.